The molecule has 5 heteroatoms. The molecule has 0 amide bonds. The highest BCUT2D eigenvalue weighted by atomic mass is 16.1. The van der Waals surface area contributed by atoms with Crippen molar-refractivity contribution in [2.45, 2.75) is 13.5 Å². The minimum absolute atomic E-state index is 0.159. The summed E-state index contributed by atoms with van der Waals surface area (Å²) in [6.45, 7) is 2.23. The average molecular weight is 228 g/mol. The first-order valence-electron chi connectivity index (χ1n) is 5.21. The van der Waals surface area contributed by atoms with E-state index in [1.807, 2.05) is 32.3 Å². The van der Waals surface area contributed by atoms with Gasteiger partial charge in [0, 0.05) is 18.9 Å². The van der Waals surface area contributed by atoms with E-state index in [-0.39, 0.29) is 11.1 Å². The van der Waals surface area contributed by atoms with Crippen molar-refractivity contribution in [3.05, 3.63) is 51.7 Å². The highest BCUT2D eigenvalue weighted by Gasteiger charge is 2.07. The van der Waals surface area contributed by atoms with Crippen molar-refractivity contribution in [2.75, 3.05) is 0 Å². The van der Waals surface area contributed by atoms with Gasteiger partial charge in [0.1, 0.15) is 11.6 Å². The van der Waals surface area contributed by atoms with Gasteiger partial charge < -0.3 is 4.57 Å². The summed E-state index contributed by atoms with van der Waals surface area (Å²) in [7, 11) is 1.82. The molecule has 0 aliphatic carbocycles. The zero-order valence-electron chi connectivity index (χ0n) is 9.71. The predicted molar refractivity (Wildman–Crippen MR) is 62.5 cm³/mol. The van der Waals surface area contributed by atoms with Crippen LogP contribution >= 0.6 is 0 Å². The van der Waals surface area contributed by atoms with E-state index in [4.69, 9.17) is 5.26 Å². The summed E-state index contributed by atoms with van der Waals surface area (Å²) in [6, 6.07) is 7.06. The molecule has 0 aliphatic heterocycles. The summed E-state index contributed by atoms with van der Waals surface area (Å²) >= 11 is 0. The lowest BCUT2D eigenvalue weighted by Crippen LogP contribution is -2.25. The van der Waals surface area contributed by atoms with E-state index in [9.17, 15) is 4.79 Å². The summed E-state index contributed by atoms with van der Waals surface area (Å²) in [5, 5.41) is 13.0. The first kappa shape index (κ1) is 11.1. The molecule has 5 nitrogen and oxygen atoms in total. The number of nitrogens with zero attached hydrogens (tertiary/aromatic N) is 4. The quantitative estimate of drug-likeness (QED) is 0.764. The summed E-state index contributed by atoms with van der Waals surface area (Å²) in [6.07, 6.45) is 1.82. The highest BCUT2D eigenvalue weighted by molar-refractivity contribution is 5.27. The maximum Gasteiger partial charge on any atom is 0.269 e. The number of aromatic nitrogens is 3. The topological polar surface area (TPSA) is 63.6 Å². The Hall–Kier alpha value is -2.35. The molecular formula is C12H12N4O. The van der Waals surface area contributed by atoms with Crippen molar-refractivity contribution in [3.8, 4) is 6.07 Å². The second-order valence-corrected chi connectivity index (χ2v) is 3.87. The molecule has 2 aromatic rings. The van der Waals surface area contributed by atoms with Gasteiger partial charge in [0.25, 0.3) is 5.56 Å². The zero-order valence-corrected chi connectivity index (χ0v) is 9.71. The van der Waals surface area contributed by atoms with Crippen LogP contribution in [0, 0.1) is 18.3 Å². The molecule has 0 aromatic carbocycles. The monoisotopic (exact) mass is 228 g/mol. The van der Waals surface area contributed by atoms with Crippen molar-refractivity contribution in [2.24, 2.45) is 7.05 Å². The molecule has 86 valence electrons. The van der Waals surface area contributed by atoms with Crippen LogP contribution in [-0.2, 0) is 13.6 Å². The van der Waals surface area contributed by atoms with Crippen molar-refractivity contribution in [1.82, 2.24) is 14.3 Å². The fourth-order valence-corrected chi connectivity index (χ4v) is 1.66. The summed E-state index contributed by atoms with van der Waals surface area (Å²) in [5.74, 6) is 0. The Morgan fingerprint density at radius 3 is 2.76 bits per heavy atom. The van der Waals surface area contributed by atoms with E-state index < -0.39 is 0 Å². The second-order valence-electron chi connectivity index (χ2n) is 3.87. The van der Waals surface area contributed by atoms with E-state index in [0.717, 1.165) is 11.4 Å². The van der Waals surface area contributed by atoms with Gasteiger partial charge in [-0.05, 0) is 25.1 Å². The lowest BCUT2D eigenvalue weighted by atomic mass is 10.2. The SMILES string of the molecule is Cc1ccc(C#N)c(=O)n1Cc1ccn(C)n1. The predicted octanol–water partition coefficient (Wildman–Crippen LogP) is 0.810. The molecule has 0 saturated carbocycles. The van der Waals surface area contributed by atoms with Gasteiger partial charge in [-0.3, -0.25) is 9.48 Å². The minimum Gasteiger partial charge on any atom is -0.306 e. The van der Waals surface area contributed by atoms with Crippen molar-refractivity contribution >= 4 is 0 Å². The average Bonchev–Trinajstić information content (AvgIpc) is 2.70. The lowest BCUT2D eigenvalue weighted by Gasteiger charge is -2.07. The van der Waals surface area contributed by atoms with Crippen LogP contribution in [0.5, 0.6) is 0 Å². The Bertz CT molecular complexity index is 645. The van der Waals surface area contributed by atoms with Crippen LogP contribution in [0.2, 0.25) is 0 Å². The summed E-state index contributed by atoms with van der Waals surface area (Å²) in [4.78, 5) is 11.9. The molecule has 0 atom stereocenters. The van der Waals surface area contributed by atoms with Crippen LogP contribution in [-0.4, -0.2) is 14.3 Å². The van der Waals surface area contributed by atoms with Crippen LogP contribution < -0.4 is 5.56 Å². The van der Waals surface area contributed by atoms with E-state index >= 15 is 0 Å². The van der Waals surface area contributed by atoms with Gasteiger partial charge in [-0.15, -0.1) is 0 Å². The van der Waals surface area contributed by atoms with Gasteiger partial charge >= 0.3 is 0 Å². The third-order valence-corrected chi connectivity index (χ3v) is 2.60. The van der Waals surface area contributed by atoms with Crippen LogP contribution in [0.25, 0.3) is 0 Å². The van der Waals surface area contributed by atoms with Crippen LogP contribution in [0.15, 0.2) is 29.2 Å². The van der Waals surface area contributed by atoms with Gasteiger partial charge in [-0.25, -0.2) is 0 Å². The molecule has 2 heterocycles. The van der Waals surface area contributed by atoms with E-state index in [1.165, 1.54) is 0 Å². The highest BCUT2D eigenvalue weighted by Crippen LogP contribution is 2.02. The van der Waals surface area contributed by atoms with Crippen LogP contribution in [0.4, 0.5) is 0 Å². The molecule has 2 aromatic heterocycles. The zero-order chi connectivity index (χ0) is 12.4. The molecule has 0 spiro atoms. The number of rotatable bonds is 2. The number of pyridine rings is 1. The van der Waals surface area contributed by atoms with Gasteiger partial charge in [-0.1, -0.05) is 0 Å². The molecule has 0 fully saturated rings. The number of aryl methyl sites for hydroxylation is 2. The second kappa shape index (κ2) is 4.26. The molecule has 0 unspecified atom stereocenters. The fourth-order valence-electron chi connectivity index (χ4n) is 1.66. The Kier molecular flexibility index (Phi) is 2.79. The van der Waals surface area contributed by atoms with Gasteiger partial charge in [0.2, 0.25) is 0 Å². The molecule has 0 radical (unpaired) electrons. The van der Waals surface area contributed by atoms with Crippen molar-refractivity contribution in [1.29, 1.82) is 5.26 Å². The smallest absolute Gasteiger partial charge is 0.269 e. The minimum atomic E-state index is -0.266. The number of nitriles is 1. The molecule has 0 bridgehead atoms. The number of hydrogen-bond donors (Lipinski definition) is 0. The Labute approximate surface area is 98.5 Å². The standard InChI is InChI=1S/C12H12N4O/c1-9-3-4-10(7-13)12(17)16(9)8-11-5-6-15(2)14-11/h3-6H,8H2,1-2H3. The normalized spacial score (nSPS) is 10.2. The van der Waals surface area contributed by atoms with E-state index in [1.54, 1.807) is 21.4 Å². The van der Waals surface area contributed by atoms with Crippen LogP contribution in [0.1, 0.15) is 17.0 Å². The van der Waals surface area contributed by atoms with Crippen LogP contribution in [0.3, 0.4) is 0 Å². The van der Waals surface area contributed by atoms with Crippen molar-refractivity contribution < 1.29 is 0 Å². The van der Waals surface area contributed by atoms with E-state index in [2.05, 4.69) is 5.10 Å². The largest absolute Gasteiger partial charge is 0.306 e. The first-order chi connectivity index (χ1) is 8.11. The Balaban J connectivity index is 2.46. The molecule has 2 rings (SSSR count). The first-order valence-corrected chi connectivity index (χ1v) is 5.21. The maximum atomic E-state index is 11.9. The third-order valence-electron chi connectivity index (χ3n) is 2.60. The lowest BCUT2D eigenvalue weighted by molar-refractivity contribution is 0.676. The van der Waals surface area contributed by atoms with Gasteiger partial charge in [-0.2, -0.15) is 10.4 Å². The third kappa shape index (κ3) is 2.11. The fraction of sp³-hybridized carbons (Fsp3) is 0.250. The summed E-state index contributed by atoms with van der Waals surface area (Å²) in [5.41, 5.74) is 1.51. The molecular weight excluding hydrogens is 216 g/mol. The molecule has 0 aliphatic rings. The van der Waals surface area contributed by atoms with Crippen molar-refractivity contribution in [3.63, 3.8) is 0 Å². The molecule has 0 N–H and O–H groups in total. The Morgan fingerprint density at radius 1 is 1.41 bits per heavy atom. The van der Waals surface area contributed by atoms with E-state index in [0.29, 0.717) is 6.54 Å². The Morgan fingerprint density at radius 2 is 2.18 bits per heavy atom. The molecule has 0 saturated heterocycles. The van der Waals surface area contributed by atoms with Gasteiger partial charge in [0.15, 0.2) is 0 Å². The molecule has 17 heavy (non-hydrogen) atoms. The number of hydrogen-bond acceptors (Lipinski definition) is 3. The maximum absolute atomic E-state index is 11.9. The summed E-state index contributed by atoms with van der Waals surface area (Å²) < 4.78 is 3.24. The van der Waals surface area contributed by atoms with Gasteiger partial charge in [0.05, 0.1) is 12.2 Å².